The van der Waals surface area contributed by atoms with Crippen LogP contribution >= 0.6 is 0 Å². The maximum Gasteiger partial charge on any atom is 0.262 e. The summed E-state index contributed by atoms with van der Waals surface area (Å²) in [4.78, 5) is 11.1. The molecule has 1 aliphatic rings. The second-order valence-electron chi connectivity index (χ2n) is 3.78. The van der Waals surface area contributed by atoms with Gasteiger partial charge in [-0.3, -0.25) is 4.79 Å². The van der Waals surface area contributed by atoms with Crippen molar-refractivity contribution in [3.63, 3.8) is 0 Å². The fraction of sp³-hybridized carbons (Fsp3) is 0.300. The highest BCUT2D eigenvalue weighted by Crippen LogP contribution is 2.35. The van der Waals surface area contributed by atoms with E-state index < -0.39 is 0 Å². The van der Waals surface area contributed by atoms with E-state index in [1.54, 1.807) is 17.1 Å². The number of rotatable bonds is 2. The van der Waals surface area contributed by atoms with E-state index in [1.165, 1.54) is 0 Å². The average molecular weight is 222 g/mol. The molecule has 0 aromatic heterocycles. The van der Waals surface area contributed by atoms with Crippen molar-refractivity contribution in [2.45, 2.75) is 0 Å². The molecule has 0 radical (unpaired) electrons. The Kier molecular flexibility index (Phi) is 2.57. The second-order valence-corrected chi connectivity index (χ2v) is 3.78. The van der Waals surface area contributed by atoms with Gasteiger partial charge in [-0.1, -0.05) is 0 Å². The lowest BCUT2D eigenvalue weighted by molar-refractivity contribution is -0.118. The van der Waals surface area contributed by atoms with Crippen molar-refractivity contribution in [1.82, 2.24) is 5.01 Å². The molecule has 16 heavy (non-hydrogen) atoms. The fourth-order valence-electron chi connectivity index (χ4n) is 1.48. The molecule has 2 rings (SSSR count). The van der Waals surface area contributed by atoms with E-state index in [9.17, 15) is 4.79 Å². The van der Waals surface area contributed by atoms with Gasteiger partial charge in [-0.15, -0.1) is 0 Å². The molecule has 0 saturated heterocycles. The normalized spacial score (nSPS) is 14.1. The van der Waals surface area contributed by atoms with Crippen LogP contribution in [0.5, 0.6) is 5.75 Å². The third-order valence-corrected chi connectivity index (χ3v) is 2.13. The molecule has 0 atom stereocenters. The summed E-state index contributed by atoms with van der Waals surface area (Å²) in [5.41, 5.74) is 10.8. The number of amides is 1. The van der Waals surface area contributed by atoms with Crippen LogP contribution in [-0.4, -0.2) is 31.6 Å². The highest BCUT2D eigenvalue weighted by Gasteiger charge is 2.17. The largest absolute Gasteiger partial charge is 0.482 e. The summed E-state index contributed by atoms with van der Waals surface area (Å²) < 4.78 is 5.24. The second kappa shape index (κ2) is 3.90. The van der Waals surface area contributed by atoms with Crippen molar-refractivity contribution in [3.8, 4) is 5.75 Å². The van der Waals surface area contributed by atoms with Crippen LogP contribution in [0.4, 0.5) is 17.1 Å². The number of hydrogen-bond donors (Lipinski definition) is 3. The lowest BCUT2D eigenvalue weighted by Gasteiger charge is -2.21. The molecule has 0 aliphatic carbocycles. The van der Waals surface area contributed by atoms with Gasteiger partial charge in [0.05, 0.1) is 17.1 Å². The molecule has 1 heterocycles. The molecule has 0 fully saturated rings. The molecule has 1 aromatic carbocycles. The third kappa shape index (κ3) is 2.01. The number of nitrogen functional groups attached to an aromatic ring is 1. The first-order valence-electron chi connectivity index (χ1n) is 4.86. The predicted octanol–water partition coefficient (Wildman–Crippen LogP) is 0.488. The van der Waals surface area contributed by atoms with Crippen molar-refractivity contribution < 1.29 is 9.53 Å². The Labute approximate surface area is 93.3 Å². The summed E-state index contributed by atoms with van der Waals surface area (Å²) in [5, 5.41) is 4.49. The third-order valence-electron chi connectivity index (χ3n) is 2.13. The van der Waals surface area contributed by atoms with Crippen LogP contribution in [-0.2, 0) is 4.79 Å². The number of anilines is 3. The van der Waals surface area contributed by atoms with E-state index in [-0.39, 0.29) is 12.5 Å². The molecule has 1 amide bonds. The molecule has 0 unspecified atom stereocenters. The highest BCUT2D eigenvalue weighted by atomic mass is 16.5. The Balaban J connectivity index is 2.35. The Morgan fingerprint density at radius 3 is 2.94 bits per heavy atom. The summed E-state index contributed by atoms with van der Waals surface area (Å²) >= 11 is 0. The van der Waals surface area contributed by atoms with E-state index in [0.29, 0.717) is 17.1 Å². The number of hydrazine groups is 1. The lowest BCUT2D eigenvalue weighted by Crippen LogP contribution is -2.26. The van der Waals surface area contributed by atoms with E-state index >= 15 is 0 Å². The molecule has 1 aromatic rings. The number of nitrogens with one attached hydrogen (secondary N) is 2. The first-order chi connectivity index (χ1) is 7.56. The molecule has 6 heteroatoms. The van der Waals surface area contributed by atoms with Gasteiger partial charge in [0.2, 0.25) is 0 Å². The number of nitrogens with two attached hydrogens (primary N) is 1. The van der Waals surface area contributed by atoms with E-state index in [0.717, 1.165) is 5.69 Å². The fourth-order valence-corrected chi connectivity index (χ4v) is 1.48. The number of benzene rings is 1. The van der Waals surface area contributed by atoms with Crippen molar-refractivity contribution >= 4 is 23.0 Å². The first-order valence-corrected chi connectivity index (χ1v) is 4.86. The number of hydrogen-bond acceptors (Lipinski definition) is 5. The smallest absolute Gasteiger partial charge is 0.262 e. The van der Waals surface area contributed by atoms with Crippen molar-refractivity contribution in [2.75, 3.05) is 37.2 Å². The first kappa shape index (κ1) is 10.6. The van der Waals surface area contributed by atoms with Crippen LogP contribution in [0.1, 0.15) is 0 Å². The minimum absolute atomic E-state index is 0.0346. The van der Waals surface area contributed by atoms with Gasteiger partial charge >= 0.3 is 0 Å². The van der Waals surface area contributed by atoms with Gasteiger partial charge < -0.3 is 21.2 Å². The van der Waals surface area contributed by atoms with E-state index in [4.69, 9.17) is 10.5 Å². The maximum absolute atomic E-state index is 11.1. The van der Waals surface area contributed by atoms with Crippen LogP contribution < -0.4 is 21.2 Å². The molecule has 1 aliphatic heterocycles. The molecular weight excluding hydrogens is 208 g/mol. The van der Waals surface area contributed by atoms with Gasteiger partial charge in [0.25, 0.3) is 5.91 Å². The lowest BCUT2D eigenvalue weighted by atomic mass is 10.2. The number of ether oxygens (including phenoxy) is 1. The van der Waals surface area contributed by atoms with E-state index in [1.807, 2.05) is 14.1 Å². The number of fused-ring (bicyclic) bond motifs is 1. The van der Waals surface area contributed by atoms with Crippen LogP contribution in [0.3, 0.4) is 0 Å². The molecule has 0 spiro atoms. The summed E-state index contributed by atoms with van der Waals surface area (Å²) in [6, 6.07) is 3.45. The molecule has 0 saturated carbocycles. The maximum atomic E-state index is 11.1. The summed E-state index contributed by atoms with van der Waals surface area (Å²) in [7, 11) is 3.71. The van der Waals surface area contributed by atoms with Gasteiger partial charge in [-0.25, -0.2) is 5.01 Å². The molecule has 6 nitrogen and oxygen atoms in total. The SMILES string of the molecule is CN(C)Nc1cc2c(cc1N)OCC(=O)N2. The average Bonchev–Trinajstić information content (AvgIpc) is 2.19. The van der Waals surface area contributed by atoms with E-state index in [2.05, 4.69) is 10.7 Å². The summed E-state index contributed by atoms with van der Waals surface area (Å²) in [5.74, 6) is 0.439. The molecular formula is C10H14N4O2. The quantitative estimate of drug-likeness (QED) is 0.501. The summed E-state index contributed by atoms with van der Waals surface area (Å²) in [6.45, 7) is 0.0346. The summed E-state index contributed by atoms with van der Waals surface area (Å²) in [6.07, 6.45) is 0. The van der Waals surface area contributed by atoms with Crippen LogP contribution in [0, 0.1) is 0 Å². The molecule has 86 valence electrons. The van der Waals surface area contributed by atoms with Crippen molar-refractivity contribution in [2.24, 2.45) is 0 Å². The Morgan fingerprint density at radius 1 is 1.50 bits per heavy atom. The number of nitrogens with zero attached hydrogens (tertiary/aromatic N) is 1. The van der Waals surface area contributed by atoms with Gasteiger partial charge in [0.1, 0.15) is 5.75 Å². The van der Waals surface area contributed by atoms with Crippen LogP contribution in [0.2, 0.25) is 0 Å². The molecule has 0 bridgehead atoms. The molecule has 4 N–H and O–H groups in total. The van der Waals surface area contributed by atoms with Gasteiger partial charge in [-0.05, 0) is 6.07 Å². The zero-order chi connectivity index (χ0) is 11.7. The predicted molar refractivity (Wildman–Crippen MR) is 62.3 cm³/mol. The monoisotopic (exact) mass is 222 g/mol. The topological polar surface area (TPSA) is 79.6 Å². The number of carbonyl (C=O) groups is 1. The van der Waals surface area contributed by atoms with Gasteiger partial charge in [0.15, 0.2) is 6.61 Å². The minimum atomic E-state index is -0.159. The Bertz CT molecular complexity index is 431. The van der Waals surface area contributed by atoms with Crippen LogP contribution in [0.25, 0.3) is 0 Å². The Morgan fingerprint density at radius 2 is 2.25 bits per heavy atom. The standard InChI is InChI=1S/C10H14N4O2/c1-14(2)13-7-4-8-9(3-6(7)11)16-5-10(15)12-8/h3-4,13H,5,11H2,1-2H3,(H,12,15). The van der Waals surface area contributed by atoms with Gasteiger partial charge in [-0.2, -0.15) is 0 Å². The minimum Gasteiger partial charge on any atom is -0.482 e. The highest BCUT2D eigenvalue weighted by molar-refractivity contribution is 5.97. The number of carbonyl (C=O) groups excluding carboxylic acids is 1. The zero-order valence-corrected chi connectivity index (χ0v) is 9.20. The van der Waals surface area contributed by atoms with Crippen LogP contribution in [0.15, 0.2) is 12.1 Å². The van der Waals surface area contributed by atoms with Gasteiger partial charge in [0, 0.05) is 20.2 Å². The zero-order valence-electron chi connectivity index (χ0n) is 9.20. The van der Waals surface area contributed by atoms with Crippen molar-refractivity contribution in [1.29, 1.82) is 0 Å². The Hall–Kier alpha value is -1.95. The van der Waals surface area contributed by atoms with Crippen molar-refractivity contribution in [3.05, 3.63) is 12.1 Å².